The molecule has 0 bridgehead atoms. The van der Waals surface area contributed by atoms with Gasteiger partial charge in [-0.3, -0.25) is 9.36 Å². The molecule has 0 unspecified atom stereocenters. The van der Waals surface area contributed by atoms with Gasteiger partial charge in [0.2, 0.25) is 0 Å². The van der Waals surface area contributed by atoms with Gasteiger partial charge in [-0.25, -0.2) is 0 Å². The number of nitrogens with zero attached hydrogens (tertiary/aromatic N) is 2. The molecule has 2 aromatic heterocycles. The summed E-state index contributed by atoms with van der Waals surface area (Å²) in [6.07, 6.45) is 1.81. The van der Waals surface area contributed by atoms with E-state index in [0.29, 0.717) is 0 Å². The molecule has 0 radical (unpaired) electrons. The number of aromatic nitrogens is 3. The lowest BCUT2D eigenvalue weighted by molar-refractivity contribution is 1.48. The molecule has 1 N–H and O–H groups in total. The first-order chi connectivity index (χ1) is 5.95. The molecule has 58 valence electrons. The Morgan fingerprint density at radius 1 is 1.17 bits per heavy atom. The van der Waals surface area contributed by atoms with Crippen LogP contribution in [0.15, 0.2) is 24.4 Å². The van der Waals surface area contributed by atoms with E-state index in [1.54, 1.807) is 0 Å². The lowest BCUT2D eigenvalue weighted by Crippen LogP contribution is -1.71. The number of benzene rings is 1. The summed E-state index contributed by atoms with van der Waals surface area (Å²) in [5.41, 5.74) is 3.03. The smallest absolute Gasteiger partial charge is 0.128 e. The Balaban J connectivity index is 2.71. The maximum Gasteiger partial charge on any atom is 0.128 e. The number of H-pyrrole nitrogens is 1. The molecule has 0 fully saturated rings. The van der Waals surface area contributed by atoms with E-state index in [9.17, 15) is 0 Å². The molecule has 0 saturated carbocycles. The summed E-state index contributed by atoms with van der Waals surface area (Å²) in [4.78, 5) is 4.24. The van der Waals surface area contributed by atoms with Crippen molar-refractivity contribution in [3.8, 4) is 0 Å². The van der Waals surface area contributed by atoms with Crippen LogP contribution in [-0.4, -0.2) is 13.7 Å². The van der Waals surface area contributed by atoms with Crippen LogP contribution in [0.1, 0.15) is 0 Å². The molecule has 3 rings (SSSR count). The fourth-order valence-corrected chi connectivity index (χ4v) is 1.93. The van der Waals surface area contributed by atoms with Crippen molar-refractivity contribution < 1.29 is 0 Å². The van der Waals surface area contributed by atoms with Crippen molar-refractivity contribution in [2.75, 3.05) is 0 Å². The topological polar surface area (TPSA) is 41.6 Å². The maximum absolute atomic E-state index is 4.24. The Hall–Kier alpha value is -1.42. The average Bonchev–Trinajstić information content (AvgIpc) is 2.71. The predicted molar refractivity (Wildman–Crippen MR) is 49.3 cm³/mol. The normalized spacial score (nSPS) is 11.3. The van der Waals surface area contributed by atoms with Gasteiger partial charge in [-0.1, -0.05) is 6.07 Å². The molecule has 0 amide bonds. The number of rotatable bonds is 0. The summed E-state index contributed by atoms with van der Waals surface area (Å²) < 4.78 is 7.33. The Labute approximate surface area is 72.4 Å². The molecule has 0 saturated heterocycles. The molecule has 1 aromatic carbocycles. The van der Waals surface area contributed by atoms with Crippen molar-refractivity contribution in [3.63, 3.8) is 0 Å². The molecule has 0 atom stereocenters. The monoisotopic (exact) mass is 175 g/mol. The van der Waals surface area contributed by atoms with Crippen molar-refractivity contribution in [2.45, 2.75) is 0 Å². The van der Waals surface area contributed by atoms with E-state index >= 15 is 0 Å². The van der Waals surface area contributed by atoms with E-state index in [0.717, 1.165) is 21.9 Å². The van der Waals surface area contributed by atoms with Crippen LogP contribution in [0.25, 0.3) is 21.9 Å². The zero-order chi connectivity index (χ0) is 7.97. The van der Waals surface area contributed by atoms with Crippen molar-refractivity contribution in [1.82, 2.24) is 13.7 Å². The molecule has 0 aliphatic heterocycles. The van der Waals surface area contributed by atoms with Crippen LogP contribution >= 0.6 is 11.7 Å². The van der Waals surface area contributed by atoms with Gasteiger partial charge in [-0.2, -0.15) is 4.37 Å². The molecule has 0 aliphatic carbocycles. The highest BCUT2D eigenvalue weighted by atomic mass is 32.1. The fourth-order valence-electron chi connectivity index (χ4n) is 1.35. The minimum atomic E-state index is 0.975. The lowest BCUT2D eigenvalue weighted by Gasteiger charge is -1.87. The predicted octanol–water partition coefficient (Wildman–Crippen LogP) is 2.17. The second-order valence-corrected chi connectivity index (χ2v) is 3.20. The third-order valence-electron chi connectivity index (χ3n) is 1.93. The minimum absolute atomic E-state index is 0.975. The van der Waals surface area contributed by atoms with E-state index < -0.39 is 0 Å². The van der Waals surface area contributed by atoms with Crippen LogP contribution in [0.5, 0.6) is 0 Å². The van der Waals surface area contributed by atoms with Gasteiger partial charge in [0.25, 0.3) is 0 Å². The van der Waals surface area contributed by atoms with Crippen LogP contribution in [0.3, 0.4) is 0 Å². The third kappa shape index (κ3) is 0.648. The fraction of sp³-hybridized carbons (Fsp3) is 0. The largest absolute Gasteiger partial charge is 0.293 e. The molecular weight excluding hydrogens is 170 g/mol. The van der Waals surface area contributed by atoms with Crippen molar-refractivity contribution in [2.24, 2.45) is 0 Å². The van der Waals surface area contributed by atoms with Gasteiger partial charge in [0.05, 0.1) is 11.0 Å². The summed E-state index contributed by atoms with van der Waals surface area (Å²) >= 11 is 1.36. The third-order valence-corrected chi connectivity index (χ3v) is 2.52. The van der Waals surface area contributed by atoms with Crippen molar-refractivity contribution in [1.29, 1.82) is 0 Å². The van der Waals surface area contributed by atoms with Gasteiger partial charge >= 0.3 is 0 Å². The number of hydrogen-bond acceptors (Lipinski definition) is 3. The van der Waals surface area contributed by atoms with Crippen LogP contribution in [-0.2, 0) is 0 Å². The quantitative estimate of drug-likeness (QED) is 0.569. The van der Waals surface area contributed by atoms with Gasteiger partial charge in [-0.05, 0) is 12.1 Å². The van der Waals surface area contributed by atoms with Gasteiger partial charge in [0.1, 0.15) is 5.52 Å². The zero-order valence-corrected chi connectivity index (χ0v) is 6.93. The van der Waals surface area contributed by atoms with Gasteiger partial charge in [0.15, 0.2) is 0 Å². The van der Waals surface area contributed by atoms with E-state index in [4.69, 9.17) is 0 Å². The highest BCUT2D eigenvalue weighted by Crippen LogP contribution is 2.21. The number of aromatic amines is 1. The van der Waals surface area contributed by atoms with Crippen LogP contribution in [0.4, 0.5) is 0 Å². The van der Waals surface area contributed by atoms with Gasteiger partial charge < -0.3 is 0 Å². The molecule has 2 heterocycles. The van der Waals surface area contributed by atoms with Crippen LogP contribution in [0.2, 0.25) is 0 Å². The first-order valence-corrected chi connectivity index (χ1v) is 4.40. The first-order valence-electron chi connectivity index (χ1n) is 3.62. The van der Waals surface area contributed by atoms with Gasteiger partial charge in [-0.15, -0.1) is 0 Å². The molecule has 12 heavy (non-hydrogen) atoms. The van der Waals surface area contributed by atoms with E-state index in [1.165, 1.54) is 11.7 Å². The average molecular weight is 175 g/mol. The maximum atomic E-state index is 4.24. The molecule has 3 aromatic rings. The summed E-state index contributed by atoms with van der Waals surface area (Å²) in [7, 11) is 0. The van der Waals surface area contributed by atoms with Crippen LogP contribution in [0, 0.1) is 0 Å². The molecule has 3 nitrogen and oxygen atoms in total. The summed E-state index contributed by atoms with van der Waals surface area (Å²) in [6.45, 7) is 0. The molecular formula is C8H5N3S. The number of hydrogen-bond donors (Lipinski definition) is 1. The Morgan fingerprint density at radius 3 is 3.17 bits per heavy atom. The summed E-state index contributed by atoms with van der Waals surface area (Å²) in [5.74, 6) is 0. The number of fused-ring (bicyclic) bond motifs is 3. The highest BCUT2D eigenvalue weighted by Gasteiger charge is 2.03. The standard InChI is InChI=1S/C8H5N3S/c1-2-6-8(11-12-10-6)7-5(1)3-4-9-7/h1-4,10H. The Morgan fingerprint density at radius 2 is 2.17 bits per heavy atom. The zero-order valence-electron chi connectivity index (χ0n) is 6.11. The van der Waals surface area contributed by atoms with E-state index in [2.05, 4.69) is 19.8 Å². The first kappa shape index (κ1) is 6.14. The summed E-state index contributed by atoms with van der Waals surface area (Å²) in [6, 6.07) is 6.08. The summed E-state index contributed by atoms with van der Waals surface area (Å²) in [5, 5.41) is 1.15. The second-order valence-electron chi connectivity index (χ2n) is 2.63. The molecule has 0 spiro atoms. The Kier molecular flexibility index (Phi) is 1.04. The van der Waals surface area contributed by atoms with Crippen molar-refractivity contribution in [3.05, 3.63) is 24.4 Å². The van der Waals surface area contributed by atoms with Gasteiger partial charge in [0, 0.05) is 23.3 Å². The van der Waals surface area contributed by atoms with E-state index in [-0.39, 0.29) is 0 Å². The SMILES string of the molecule is c1cc2ccc3[nH]snc3c2n1. The van der Waals surface area contributed by atoms with Crippen molar-refractivity contribution >= 4 is 33.7 Å². The highest BCUT2D eigenvalue weighted by molar-refractivity contribution is 7.00. The van der Waals surface area contributed by atoms with Crippen LogP contribution < -0.4 is 0 Å². The molecule has 4 heteroatoms. The minimum Gasteiger partial charge on any atom is -0.293 e. The molecule has 0 aliphatic rings. The van der Waals surface area contributed by atoms with E-state index in [1.807, 2.05) is 18.3 Å². The second kappa shape index (κ2) is 2.04. The Bertz CT molecular complexity index is 487. The number of nitrogens with one attached hydrogen (secondary N) is 1. The lowest BCUT2D eigenvalue weighted by atomic mass is 10.2.